The Labute approximate surface area is 179 Å². The molecule has 1 aromatic rings. The third-order valence-electron chi connectivity index (χ3n) is 5.94. The molecule has 0 aromatic heterocycles. The highest BCUT2D eigenvalue weighted by Gasteiger charge is 2.45. The van der Waals surface area contributed by atoms with Crippen LogP contribution in [0.25, 0.3) is 0 Å². The number of hydrogen-bond acceptors (Lipinski definition) is 5. The first-order valence-electron chi connectivity index (χ1n) is 10.1. The molecule has 7 heteroatoms. The number of carbonyl (C=O) groups excluding carboxylic acids is 2. The number of fused-ring (bicyclic) bond motifs is 1. The van der Waals surface area contributed by atoms with Crippen LogP contribution in [0.4, 0.5) is 0 Å². The van der Waals surface area contributed by atoms with Gasteiger partial charge in [0.2, 0.25) is 8.32 Å². The summed E-state index contributed by atoms with van der Waals surface area (Å²) in [6.45, 7) is 10.8. The molecule has 2 aliphatic heterocycles. The molecule has 0 unspecified atom stereocenters. The Hall–Kier alpha value is -2.80. The van der Waals surface area contributed by atoms with Gasteiger partial charge in [-0.15, -0.1) is 0 Å². The van der Waals surface area contributed by atoms with Gasteiger partial charge in [0, 0.05) is 11.8 Å². The minimum absolute atomic E-state index is 0.0606. The van der Waals surface area contributed by atoms with Crippen molar-refractivity contribution in [3.05, 3.63) is 71.7 Å². The number of allylic oxidation sites excluding steroid dienone is 2. The molecule has 0 radical (unpaired) electrons. The van der Waals surface area contributed by atoms with Gasteiger partial charge in [0.25, 0.3) is 5.91 Å². The van der Waals surface area contributed by atoms with Gasteiger partial charge in [-0.05, 0) is 36.3 Å². The predicted octanol–water partition coefficient (Wildman–Crippen LogP) is 4.26. The van der Waals surface area contributed by atoms with Crippen LogP contribution in [0.2, 0.25) is 18.1 Å². The van der Waals surface area contributed by atoms with Crippen LogP contribution in [0, 0.1) is 0 Å². The normalized spacial score (nSPS) is 18.9. The van der Waals surface area contributed by atoms with Crippen LogP contribution in [-0.4, -0.2) is 49.9 Å². The summed E-state index contributed by atoms with van der Waals surface area (Å²) in [5.74, 6) is -0.0785. The Morgan fingerprint density at radius 1 is 1.10 bits per heavy atom. The van der Waals surface area contributed by atoms with E-state index in [2.05, 4.69) is 33.9 Å². The number of rotatable bonds is 4. The van der Waals surface area contributed by atoms with Crippen LogP contribution >= 0.6 is 0 Å². The first-order chi connectivity index (χ1) is 14.1. The lowest BCUT2D eigenvalue weighted by Gasteiger charge is -2.47. The first kappa shape index (κ1) is 21.9. The third-order valence-corrected chi connectivity index (χ3v) is 10.3. The van der Waals surface area contributed by atoms with E-state index >= 15 is 0 Å². The summed E-state index contributed by atoms with van der Waals surface area (Å²) in [4.78, 5) is 26.1. The molecule has 1 amide bonds. The highest BCUT2D eigenvalue weighted by molar-refractivity contribution is 6.74. The van der Waals surface area contributed by atoms with Crippen LogP contribution in [0.1, 0.15) is 31.1 Å². The highest BCUT2D eigenvalue weighted by Crippen LogP contribution is 2.40. The largest absolute Gasteiger partial charge is 0.545 e. The average Bonchev–Trinajstić information content (AvgIpc) is 2.71. The van der Waals surface area contributed by atoms with Crippen LogP contribution in [0.5, 0.6) is 0 Å². The first-order valence-corrected chi connectivity index (χ1v) is 13.0. The lowest BCUT2D eigenvalue weighted by Crippen LogP contribution is -2.56. The zero-order valence-corrected chi connectivity index (χ0v) is 19.5. The molecule has 0 N–H and O–H groups in total. The minimum Gasteiger partial charge on any atom is -0.545 e. The van der Waals surface area contributed by atoms with Gasteiger partial charge in [0.1, 0.15) is 17.4 Å². The summed E-state index contributed by atoms with van der Waals surface area (Å²) in [5, 5.41) is 3.35. The summed E-state index contributed by atoms with van der Waals surface area (Å²) < 4.78 is 11.7. The molecule has 1 aromatic carbocycles. The number of hydrazine groups is 1. The van der Waals surface area contributed by atoms with Crippen molar-refractivity contribution in [2.75, 3.05) is 13.7 Å². The Balaban J connectivity index is 2.09. The topological polar surface area (TPSA) is 59.1 Å². The molecular weight excluding hydrogens is 396 g/mol. The standard InChI is InChI=1S/C23H30N2O4Si/c1-23(2,3)30(5,6)29-19-16-25(21(26)17-12-8-7-9-13-17)24-15-11-10-14-18(24)20(19)22(27)28-4/h7-15,18H,16H2,1-6H3/t18-/m0/s1. The van der Waals surface area contributed by atoms with Gasteiger partial charge in [-0.3, -0.25) is 9.80 Å². The van der Waals surface area contributed by atoms with E-state index in [0.717, 1.165) is 0 Å². The smallest absolute Gasteiger partial charge is 0.339 e. The van der Waals surface area contributed by atoms with Crippen LogP contribution in [0.15, 0.2) is 66.1 Å². The fourth-order valence-corrected chi connectivity index (χ4v) is 4.31. The molecule has 1 atom stereocenters. The Kier molecular flexibility index (Phi) is 5.94. The molecule has 0 aliphatic carbocycles. The van der Waals surface area contributed by atoms with Crippen LogP contribution in [-0.2, 0) is 14.0 Å². The van der Waals surface area contributed by atoms with Crippen molar-refractivity contribution in [1.82, 2.24) is 10.0 Å². The Morgan fingerprint density at radius 2 is 1.77 bits per heavy atom. The van der Waals surface area contributed by atoms with Gasteiger partial charge >= 0.3 is 5.97 Å². The van der Waals surface area contributed by atoms with E-state index in [0.29, 0.717) is 16.9 Å². The number of carbonyl (C=O) groups is 2. The van der Waals surface area contributed by atoms with Crippen LogP contribution < -0.4 is 0 Å². The van der Waals surface area contributed by atoms with Gasteiger partial charge in [-0.2, -0.15) is 0 Å². The van der Waals surface area contributed by atoms with E-state index in [-0.39, 0.29) is 17.5 Å². The lowest BCUT2D eigenvalue weighted by atomic mass is 10.00. The molecule has 6 nitrogen and oxygen atoms in total. The van der Waals surface area contributed by atoms with Gasteiger partial charge in [0.15, 0.2) is 0 Å². The number of hydrogen-bond donors (Lipinski definition) is 0. The number of nitrogens with zero attached hydrogens (tertiary/aromatic N) is 2. The maximum Gasteiger partial charge on any atom is 0.339 e. The summed E-state index contributed by atoms with van der Waals surface area (Å²) in [5.41, 5.74) is 1.02. The maximum absolute atomic E-state index is 13.4. The zero-order chi connectivity index (χ0) is 22.1. The molecule has 0 spiro atoms. The van der Waals surface area contributed by atoms with E-state index in [1.54, 1.807) is 28.4 Å². The van der Waals surface area contributed by atoms with Crippen molar-refractivity contribution in [2.45, 2.75) is 44.9 Å². The Bertz CT molecular complexity index is 913. The monoisotopic (exact) mass is 426 g/mol. The SMILES string of the molecule is COC(=O)C1=C(O[Si](C)(C)C(C)(C)C)CN(C(=O)c2ccccc2)N2C=CC=C[C@@H]12. The van der Waals surface area contributed by atoms with E-state index in [1.165, 1.54) is 7.11 Å². The molecular formula is C23H30N2O4Si. The van der Waals surface area contributed by atoms with Crippen molar-refractivity contribution < 1.29 is 18.8 Å². The number of esters is 1. The van der Waals surface area contributed by atoms with E-state index in [9.17, 15) is 9.59 Å². The molecule has 0 fully saturated rings. The summed E-state index contributed by atoms with van der Waals surface area (Å²) in [6.07, 6.45) is 7.39. The fourth-order valence-electron chi connectivity index (χ4n) is 3.21. The molecule has 0 saturated heterocycles. The van der Waals surface area contributed by atoms with Crippen molar-refractivity contribution in [1.29, 1.82) is 0 Å². The molecule has 2 heterocycles. The van der Waals surface area contributed by atoms with Gasteiger partial charge < -0.3 is 9.16 Å². The summed E-state index contributed by atoms with van der Waals surface area (Å²) >= 11 is 0. The minimum atomic E-state index is -2.26. The van der Waals surface area contributed by atoms with E-state index in [1.807, 2.05) is 36.4 Å². The van der Waals surface area contributed by atoms with E-state index in [4.69, 9.17) is 9.16 Å². The van der Waals surface area contributed by atoms with E-state index < -0.39 is 20.3 Å². The fraction of sp³-hybridized carbons (Fsp3) is 0.391. The maximum atomic E-state index is 13.4. The number of methoxy groups -OCH3 is 1. The lowest BCUT2D eigenvalue weighted by molar-refractivity contribution is -0.138. The van der Waals surface area contributed by atoms with Crippen molar-refractivity contribution in [2.24, 2.45) is 0 Å². The van der Waals surface area contributed by atoms with Gasteiger partial charge in [-0.25, -0.2) is 9.80 Å². The van der Waals surface area contributed by atoms with Gasteiger partial charge in [-0.1, -0.05) is 51.1 Å². The third kappa shape index (κ3) is 4.07. The summed E-state index contributed by atoms with van der Waals surface area (Å²) in [7, 11) is -0.889. The molecule has 2 aliphatic rings. The molecule has 3 rings (SSSR count). The summed E-state index contributed by atoms with van der Waals surface area (Å²) in [6, 6.07) is 8.65. The zero-order valence-electron chi connectivity index (χ0n) is 18.5. The molecule has 30 heavy (non-hydrogen) atoms. The van der Waals surface area contributed by atoms with Crippen molar-refractivity contribution in [3.63, 3.8) is 0 Å². The number of ether oxygens (including phenoxy) is 1. The van der Waals surface area contributed by atoms with Crippen molar-refractivity contribution >= 4 is 20.2 Å². The second kappa shape index (κ2) is 8.14. The second-order valence-electron chi connectivity index (χ2n) is 8.97. The Morgan fingerprint density at radius 3 is 2.37 bits per heavy atom. The van der Waals surface area contributed by atoms with Crippen LogP contribution in [0.3, 0.4) is 0 Å². The predicted molar refractivity (Wildman–Crippen MR) is 119 cm³/mol. The number of benzene rings is 1. The quantitative estimate of drug-likeness (QED) is 0.532. The van der Waals surface area contributed by atoms with Crippen molar-refractivity contribution in [3.8, 4) is 0 Å². The molecule has 160 valence electrons. The molecule has 0 bridgehead atoms. The average molecular weight is 427 g/mol. The number of amides is 1. The second-order valence-corrected chi connectivity index (χ2v) is 13.7. The van der Waals surface area contributed by atoms with Gasteiger partial charge in [0.05, 0.1) is 13.7 Å². The molecule has 0 saturated carbocycles. The highest BCUT2D eigenvalue weighted by atomic mass is 28.4.